The van der Waals surface area contributed by atoms with Crippen LogP contribution >= 0.6 is 0 Å². The van der Waals surface area contributed by atoms with Gasteiger partial charge in [-0.05, 0) is 12.1 Å². The number of carbonyl (C=O) groups excluding carboxylic acids is 1. The average Bonchev–Trinajstić information content (AvgIpc) is 2.17. The van der Waals surface area contributed by atoms with Gasteiger partial charge in [0.2, 0.25) is 0 Å². The van der Waals surface area contributed by atoms with Gasteiger partial charge in [0.05, 0.1) is 6.42 Å². The molecule has 80 valence electrons. The van der Waals surface area contributed by atoms with Gasteiger partial charge in [-0.25, -0.2) is 4.98 Å². The van der Waals surface area contributed by atoms with Crippen LogP contribution in [0.3, 0.4) is 0 Å². The molecule has 1 aromatic heterocycles. The van der Waals surface area contributed by atoms with Crippen molar-refractivity contribution in [1.29, 1.82) is 0 Å². The summed E-state index contributed by atoms with van der Waals surface area (Å²) >= 11 is 0. The third-order valence-corrected chi connectivity index (χ3v) is 2.00. The molecule has 0 aliphatic heterocycles. The van der Waals surface area contributed by atoms with Gasteiger partial charge in [0.1, 0.15) is 5.82 Å². The predicted octanol–water partition coefficient (Wildman–Crippen LogP) is 0.957. The molecule has 5 nitrogen and oxygen atoms in total. The minimum absolute atomic E-state index is 0.177. The number of nitrogens with zero attached hydrogens (tertiary/aromatic N) is 1. The summed E-state index contributed by atoms with van der Waals surface area (Å²) in [5.41, 5.74) is 5.75. The molecule has 0 amide bonds. The zero-order valence-corrected chi connectivity index (χ0v) is 8.30. The molecule has 0 aliphatic carbocycles. The van der Waals surface area contributed by atoms with E-state index in [0.717, 1.165) is 0 Å². The second kappa shape index (κ2) is 4.54. The quantitative estimate of drug-likeness (QED) is 0.719. The standard InChI is InChI=1S/C10H12N2O3/c1-6(4-9(13)14)10(15)7-2-3-8(11)12-5-7/h2-3,5-6H,4H2,1H3,(H2,11,12)(H,13,14). The molecule has 1 aromatic rings. The number of carboxylic acids is 1. The molecule has 1 rings (SSSR count). The van der Waals surface area contributed by atoms with Crippen molar-refractivity contribution in [2.45, 2.75) is 13.3 Å². The Balaban J connectivity index is 2.76. The Morgan fingerprint density at radius 2 is 2.20 bits per heavy atom. The Morgan fingerprint density at radius 1 is 1.53 bits per heavy atom. The van der Waals surface area contributed by atoms with Crippen LogP contribution in [0.2, 0.25) is 0 Å². The number of aromatic nitrogens is 1. The average molecular weight is 208 g/mol. The minimum atomic E-state index is -0.987. The summed E-state index contributed by atoms with van der Waals surface area (Å²) in [4.78, 5) is 25.8. The van der Waals surface area contributed by atoms with Crippen molar-refractivity contribution >= 4 is 17.6 Å². The van der Waals surface area contributed by atoms with Crippen LogP contribution in [0.1, 0.15) is 23.7 Å². The van der Waals surface area contributed by atoms with Crippen LogP contribution in [0.4, 0.5) is 5.82 Å². The number of ketones is 1. The SMILES string of the molecule is CC(CC(=O)O)C(=O)c1ccc(N)nc1. The summed E-state index contributed by atoms with van der Waals surface area (Å²) in [6, 6.07) is 3.06. The number of anilines is 1. The van der Waals surface area contributed by atoms with Crippen LogP contribution in [0.15, 0.2) is 18.3 Å². The topological polar surface area (TPSA) is 93.3 Å². The monoisotopic (exact) mass is 208 g/mol. The Labute approximate surface area is 86.9 Å². The lowest BCUT2D eigenvalue weighted by Gasteiger charge is -2.06. The van der Waals surface area contributed by atoms with Crippen LogP contribution in [-0.4, -0.2) is 21.8 Å². The van der Waals surface area contributed by atoms with E-state index in [1.165, 1.54) is 12.3 Å². The third-order valence-electron chi connectivity index (χ3n) is 2.00. The number of nitrogen functional groups attached to an aromatic ring is 1. The first-order valence-corrected chi connectivity index (χ1v) is 4.48. The molecular weight excluding hydrogens is 196 g/mol. The molecule has 0 spiro atoms. The van der Waals surface area contributed by atoms with Gasteiger partial charge < -0.3 is 10.8 Å². The fourth-order valence-electron chi connectivity index (χ4n) is 1.19. The Kier molecular flexibility index (Phi) is 3.38. The van der Waals surface area contributed by atoms with E-state index in [-0.39, 0.29) is 12.2 Å². The first-order chi connectivity index (χ1) is 7.00. The molecule has 0 fully saturated rings. The van der Waals surface area contributed by atoms with E-state index >= 15 is 0 Å². The second-order valence-corrected chi connectivity index (χ2v) is 3.33. The zero-order chi connectivity index (χ0) is 11.4. The molecule has 1 unspecified atom stereocenters. The number of hydrogen-bond acceptors (Lipinski definition) is 4. The largest absolute Gasteiger partial charge is 0.481 e. The van der Waals surface area contributed by atoms with Crippen molar-refractivity contribution in [2.24, 2.45) is 5.92 Å². The summed E-state index contributed by atoms with van der Waals surface area (Å²) in [5, 5.41) is 8.54. The van der Waals surface area contributed by atoms with E-state index in [1.54, 1.807) is 13.0 Å². The van der Waals surface area contributed by atoms with E-state index in [2.05, 4.69) is 4.98 Å². The van der Waals surface area contributed by atoms with E-state index in [1.807, 2.05) is 0 Å². The molecule has 0 aliphatic rings. The van der Waals surface area contributed by atoms with Crippen LogP contribution in [-0.2, 0) is 4.79 Å². The summed E-state index contributed by atoms with van der Waals surface area (Å²) in [7, 11) is 0. The summed E-state index contributed by atoms with van der Waals surface area (Å²) in [6.07, 6.45) is 1.18. The predicted molar refractivity (Wildman–Crippen MR) is 54.4 cm³/mol. The van der Waals surface area contributed by atoms with Gasteiger partial charge in [-0.2, -0.15) is 0 Å². The molecule has 1 heterocycles. The first-order valence-electron chi connectivity index (χ1n) is 4.48. The molecule has 0 saturated carbocycles. The van der Waals surface area contributed by atoms with Gasteiger partial charge in [0, 0.05) is 17.7 Å². The van der Waals surface area contributed by atoms with Gasteiger partial charge >= 0.3 is 5.97 Å². The highest BCUT2D eigenvalue weighted by molar-refractivity contribution is 5.98. The molecule has 3 N–H and O–H groups in total. The van der Waals surface area contributed by atoms with Crippen molar-refractivity contribution < 1.29 is 14.7 Å². The summed E-state index contributed by atoms with van der Waals surface area (Å²) in [6.45, 7) is 1.58. The zero-order valence-electron chi connectivity index (χ0n) is 8.30. The number of aliphatic carboxylic acids is 1. The van der Waals surface area contributed by atoms with Gasteiger partial charge in [0.15, 0.2) is 5.78 Å². The molecule has 15 heavy (non-hydrogen) atoms. The number of pyridine rings is 1. The highest BCUT2D eigenvalue weighted by Gasteiger charge is 2.18. The molecule has 0 aromatic carbocycles. The number of rotatable bonds is 4. The lowest BCUT2D eigenvalue weighted by atomic mass is 9.98. The van der Waals surface area contributed by atoms with Crippen molar-refractivity contribution in [1.82, 2.24) is 4.98 Å². The maximum atomic E-state index is 11.6. The normalized spacial score (nSPS) is 12.1. The van der Waals surface area contributed by atoms with Crippen molar-refractivity contribution in [3.05, 3.63) is 23.9 Å². The van der Waals surface area contributed by atoms with E-state index < -0.39 is 11.9 Å². The van der Waals surface area contributed by atoms with E-state index in [0.29, 0.717) is 11.4 Å². The maximum Gasteiger partial charge on any atom is 0.304 e. The number of nitrogens with two attached hydrogens (primary N) is 1. The van der Waals surface area contributed by atoms with E-state index in [4.69, 9.17) is 10.8 Å². The van der Waals surface area contributed by atoms with Gasteiger partial charge in [-0.3, -0.25) is 9.59 Å². The summed E-state index contributed by atoms with van der Waals surface area (Å²) < 4.78 is 0. The number of Topliss-reactive ketones (excluding diaryl/α,β-unsaturated/α-hetero) is 1. The summed E-state index contributed by atoms with van der Waals surface area (Å²) in [5.74, 6) is -1.44. The number of carbonyl (C=O) groups is 2. The highest BCUT2D eigenvalue weighted by atomic mass is 16.4. The van der Waals surface area contributed by atoms with Crippen molar-refractivity contribution in [2.75, 3.05) is 5.73 Å². The van der Waals surface area contributed by atoms with Crippen molar-refractivity contribution in [3.8, 4) is 0 Å². The lowest BCUT2D eigenvalue weighted by molar-refractivity contribution is -0.137. The van der Waals surface area contributed by atoms with Crippen LogP contribution in [0.25, 0.3) is 0 Å². The second-order valence-electron chi connectivity index (χ2n) is 3.33. The minimum Gasteiger partial charge on any atom is -0.481 e. The molecular formula is C10H12N2O3. The van der Waals surface area contributed by atoms with Crippen LogP contribution in [0, 0.1) is 5.92 Å². The maximum absolute atomic E-state index is 11.6. The Hall–Kier alpha value is -1.91. The molecule has 5 heteroatoms. The highest BCUT2D eigenvalue weighted by Crippen LogP contribution is 2.12. The Bertz CT molecular complexity index is 373. The number of hydrogen-bond donors (Lipinski definition) is 2. The molecule has 0 bridgehead atoms. The number of carboxylic acid groups (broad SMARTS) is 1. The Morgan fingerprint density at radius 3 is 2.67 bits per heavy atom. The van der Waals surface area contributed by atoms with Gasteiger partial charge in [-0.15, -0.1) is 0 Å². The van der Waals surface area contributed by atoms with Crippen LogP contribution in [0.5, 0.6) is 0 Å². The van der Waals surface area contributed by atoms with E-state index in [9.17, 15) is 9.59 Å². The smallest absolute Gasteiger partial charge is 0.304 e. The lowest BCUT2D eigenvalue weighted by Crippen LogP contribution is -2.15. The fraction of sp³-hybridized carbons (Fsp3) is 0.300. The fourth-order valence-corrected chi connectivity index (χ4v) is 1.19. The van der Waals surface area contributed by atoms with Gasteiger partial charge in [-0.1, -0.05) is 6.92 Å². The molecule has 0 radical (unpaired) electrons. The van der Waals surface area contributed by atoms with Gasteiger partial charge in [0.25, 0.3) is 0 Å². The molecule has 1 atom stereocenters. The third kappa shape index (κ3) is 3.05. The molecule has 0 saturated heterocycles. The van der Waals surface area contributed by atoms with Crippen LogP contribution < -0.4 is 5.73 Å². The first kappa shape index (κ1) is 11.2. The van der Waals surface area contributed by atoms with Crippen molar-refractivity contribution in [3.63, 3.8) is 0 Å².